The highest BCUT2D eigenvalue weighted by Gasteiger charge is 2.25. The lowest BCUT2D eigenvalue weighted by Crippen LogP contribution is -1.93. The molecular weight excluding hydrogens is 1140 g/mol. The molecule has 0 saturated heterocycles. The van der Waals surface area contributed by atoms with Crippen molar-refractivity contribution >= 4 is 130 Å². The number of fused-ring (bicyclic) bond motifs is 14. The van der Waals surface area contributed by atoms with Crippen LogP contribution in [0.15, 0.2) is 336 Å². The monoisotopic (exact) mass is 1190 g/mol. The van der Waals surface area contributed by atoms with Gasteiger partial charge in [0.2, 0.25) is 0 Å². The molecule has 0 amide bonds. The maximum atomic E-state index is 6.99. The summed E-state index contributed by atoms with van der Waals surface area (Å²) in [6.45, 7) is 0. The van der Waals surface area contributed by atoms with E-state index in [1.165, 1.54) is 120 Å². The van der Waals surface area contributed by atoms with Crippen molar-refractivity contribution in [1.29, 1.82) is 0 Å². The third kappa shape index (κ3) is 7.84. The van der Waals surface area contributed by atoms with Gasteiger partial charge in [-0.3, -0.25) is 0 Å². The summed E-state index contributed by atoms with van der Waals surface area (Å²) in [5, 5.41) is 23.8. The van der Waals surface area contributed by atoms with Gasteiger partial charge in [-0.15, -0.1) is 0 Å². The first-order chi connectivity index (χ1) is 46.6. The van der Waals surface area contributed by atoms with Crippen molar-refractivity contribution < 1.29 is 8.83 Å². The first-order valence-electron chi connectivity index (χ1n) is 32.5. The summed E-state index contributed by atoms with van der Waals surface area (Å²) in [6.07, 6.45) is 0. The fourth-order valence-electron chi connectivity index (χ4n) is 16.2. The van der Waals surface area contributed by atoms with Crippen LogP contribution in [0.1, 0.15) is 0 Å². The van der Waals surface area contributed by atoms with Crippen molar-refractivity contribution in [3.05, 3.63) is 328 Å². The van der Waals surface area contributed by atoms with Gasteiger partial charge < -0.3 is 8.83 Å². The lowest BCUT2D eigenvalue weighted by molar-refractivity contribution is 0.669. The largest absolute Gasteiger partial charge is 0.455 e. The van der Waals surface area contributed by atoms with Gasteiger partial charge in [-0.2, -0.15) is 0 Å². The summed E-state index contributed by atoms with van der Waals surface area (Å²) in [4.78, 5) is 0. The smallest absolute Gasteiger partial charge is 0.143 e. The van der Waals surface area contributed by atoms with Gasteiger partial charge in [0.25, 0.3) is 0 Å². The van der Waals surface area contributed by atoms with E-state index < -0.39 is 0 Å². The Hall–Kier alpha value is -12.4. The minimum Gasteiger partial charge on any atom is -0.455 e. The summed E-state index contributed by atoms with van der Waals surface area (Å²) in [5.41, 5.74) is 20.0. The molecule has 20 aromatic rings. The minimum atomic E-state index is 0.875. The average Bonchev–Trinajstić information content (AvgIpc) is 1.13. The van der Waals surface area contributed by atoms with Crippen LogP contribution in [-0.2, 0) is 0 Å². The number of hydrogen-bond acceptors (Lipinski definition) is 2. The highest BCUT2D eigenvalue weighted by molar-refractivity contribution is 6.27. The zero-order valence-electron chi connectivity index (χ0n) is 51.0. The molecule has 0 radical (unpaired) electrons. The van der Waals surface area contributed by atoms with Crippen LogP contribution < -0.4 is 0 Å². The molecular formula is C92H54O2. The zero-order valence-corrected chi connectivity index (χ0v) is 51.0. The Balaban J connectivity index is 0.728. The molecule has 2 heteroatoms. The third-order valence-electron chi connectivity index (χ3n) is 20.2. The van der Waals surface area contributed by atoms with Crippen LogP contribution in [0.4, 0.5) is 0 Å². The van der Waals surface area contributed by atoms with Gasteiger partial charge in [-0.1, -0.05) is 291 Å². The van der Waals surface area contributed by atoms with Gasteiger partial charge >= 0.3 is 0 Å². The number of furan rings is 2. The number of benzene rings is 18. The molecule has 0 atom stereocenters. The van der Waals surface area contributed by atoms with E-state index >= 15 is 0 Å². The molecule has 0 bridgehead atoms. The molecule has 0 aliphatic heterocycles. The van der Waals surface area contributed by atoms with Crippen LogP contribution in [0.3, 0.4) is 0 Å². The topological polar surface area (TPSA) is 26.3 Å². The third-order valence-corrected chi connectivity index (χ3v) is 20.2. The summed E-state index contributed by atoms with van der Waals surface area (Å²) < 4.78 is 13.8. The van der Waals surface area contributed by atoms with Crippen LogP contribution in [-0.4, -0.2) is 0 Å². The molecule has 18 aromatic carbocycles. The molecule has 0 aliphatic carbocycles. The summed E-state index contributed by atoms with van der Waals surface area (Å²) in [7, 11) is 0. The van der Waals surface area contributed by atoms with Crippen LogP contribution in [0.25, 0.3) is 208 Å². The molecule has 0 fully saturated rings. The summed E-state index contributed by atoms with van der Waals surface area (Å²) in [6, 6.07) is 121. The molecule has 0 N–H and O–H groups in total. The average molecular weight is 1190 g/mol. The van der Waals surface area contributed by atoms with Crippen molar-refractivity contribution in [1.82, 2.24) is 0 Å². The van der Waals surface area contributed by atoms with E-state index in [0.29, 0.717) is 0 Å². The summed E-state index contributed by atoms with van der Waals surface area (Å²) in [5.74, 6) is 0. The molecule has 2 heterocycles. The molecule has 2 aromatic heterocycles. The molecule has 94 heavy (non-hydrogen) atoms. The standard InChI is InChI=1S/C92H54O2/c1-3-26-61-55(21-1)23-17-39-66(61)80-42-20-43-81-82-52-59(46-50-86(82)94-91(80)81)87-71-31-7-11-35-75(71)90(76-36-12-8-32-72(76)87)79-49-48-64(65-28-5-6-29-68(65)79)58-45-47-63-57(51-58)25-19-40-67(63)83-53-60(54-84-69-30-15-16-44-85(69)93-92(83)84)88-73-33-9-13-37-77(73)89(78-38-14-10-34-74(78)88)70-41-18-24-56-22-2-4-27-62(56)70/h1-54H. The van der Waals surface area contributed by atoms with Crippen LogP contribution in [0.5, 0.6) is 0 Å². The predicted octanol–water partition coefficient (Wildman–Crippen LogP) is 26.4. The molecule has 0 unspecified atom stereocenters. The van der Waals surface area contributed by atoms with E-state index in [2.05, 4.69) is 328 Å². The number of rotatable bonds is 7. The van der Waals surface area contributed by atoms with Gasteiger partial charge in [0.15, 0.2) is 0 Å². The van der Waals surface area contributed by atoms with Gasteiger partial charge in [0.05, 0.1) is 0 Å². The number of hydrogen-bond donors (Lipinski definition) is 0. The Morgan fingerprint density at radius 3 is 1.14 bits per heavy atom. The van der Waals surface area contributed by atoms with Gasteiger partial charge in [0, 0.05) is 32.7 Å². The normalized spacial score (nSPS) is 12.0. The SMILES string of the molecule is c1ccc2c(-c3c4ccccc4c(-c4cc(-c5cccc6cc(-c7ccc(-c8c9ccccc9c(-c9ccc%10oc%11c(-c%12cccc%13ccccc%12%13)cccc%11c%10c9)c9ccccc89)c8ccccc78)ccc56)c5oc6ccccc6c5c4)c4ccccc34)cccc2c1. The van der Waals surface area contributed by atoms with Crippen molar-refractivity contribution in [2.45, 2.75) is 0 Å². The fraction of sp³-hybridized carbons (Fsp3) is 0. The maximum Gasteiger partial charge on any atom is 0.143 e. The Labute approximate surface area is 541 Å². The fourth-order valence-corrected chi connectivity index (χ4v) is 16.2. The summed E-state index contributed by atoms with van der Waals surface area (Å²) >= 11 is 0. The first-order valence-corrected chi connectivity index (χ1v) is 32.5. The van der Waals surface area contributed by atoms with Gasteiger partial charge in [0.1, 0.15) is 22.3 Å². The van der Waals surface area contributed by atoms with E-state index in [0.717, 1.165) is 88.0 Å². The van der Waals surface area contributed by atoms with Crippen molar-refractivity contribution in [2.24, 2.45) is 0 Å². The Bertz CT molecular complexity index is 6490. The van der Waals surface area contributed by atoms with Crippen molar-refractivity contribution in [3.8, 4) is 77.9 Å². The Kier molecular flexibility index (Phi) is 11.5. The lowest BCUT2D eigenvalue weighted by atomic mass is 9.83. The second-order valence-corrected chi connectivity index (χ2v) is 25.2. The lowest BCUT2D eigenvalue weighted by Gasteiger charge is -2.20. The molecule has 0 spiro atoms. The van der Waals surface area contributed by atoms with E-state index in [1.807, 2.05) is 0 Å². The quantitative estimate of drug-likeness (QED) is 0.149. The second kappa shape index (κ2) is 20.6. The van der Waals surface area contributed by atoms with Crippen LogP contribution >= 0.6 is 0 Å². The Morgan fingerprint density at radius 2 is 0.521 bits per heavy atom. The van der Waals surface area contributed by atoms with Gasteiger partial charge in [-0.05, 0) is 189 Å². The highest BCUT2D eigenvalue weighted by Crippen LogP contribution is 2.51. The zero-order chi connectivity index (χ0) is 61.5. The number of para-hydroxylation sites is 2. The Morgan fingerprint density at radius 1 is 0.149 bits per heavy atom. The van der Waals surface area contributed by atoms with Gasteiger partial charge in [-0.25, -0.2) is 0 Å². The minimum absolute atomic E-state index is 0.875. The molecule has 0 saturated carbocycles. The molecule has 20 rings (SSSR count). The van der Waals surface area contributed by atoms with Crippen molar-refractivity contribution in [2.75, 3.05) is 0 Å². The van der Waals surface area contributed by atoms with E-state index in [4.69, 9.17) is 8.83 Å². The molecule has 434 valence electrons. The van der Waals surface area contributed by atoms with Crippen LogP contribution in [0.2, 0.25) is 0 Å². The van der Waals surface area contributed by atoms with E-state index in [9.17, 15) is 0 Å². The molecule has 0 aliphatic rings. The van der Waals surface area contributed by atoms with Crippen molar-refractivity contribution in [3.63, 3.8) is 0 Å². The first kappa shape index (κ1) is 52.4. The second-order valence-electron chi connectivity index (χ2n) is 25.2. The van der Waals surface area contributed by atoms with E-state index in [-0.39, 0.29) is 0 Å². The maximum absolute atomic E-state index is 6.99. The van der Waals surface area contributed by atoms with E-state index in [1.54, 1.807) is 0 Å². The predicted molar refractivity (Wildman–Crippen MR) is 399 cm³/mol. The highest BCUT2D eigenvalue weighted by atomic mass is 16.3. The molecule has 2 nitrogen and oxygen atoms in total. The van der Waals surface area contributed by atoms with Crippen LogP contribution in [0, 0.1) is 0 Å².